The third-order valence-corrected chi connectivity index (χ3v) is 4.48. The quantitative estimate of drug-likeness (QED) is 0.895. The molecule has 1 aliphatic carbocycles. The summed E-state index contributed by atoms with van der Waals surface area (Å²) in [6.45, 7) is 8.80. The maximum absolute atomic E-state index is 5.00. The lowest BCUT2D eigenvalue weighted by atomic mass is 9.98. The van der Waals surface area contributed by atoms with E-state index in [0.29, 0.717) is 5.92 Å². The van der Waals surface area contributed by atoms with E-state index in [1.165, 1.54) is 46.1 Å². The van der Waals surface area contributed by atoms with Gasteiger partial charge in [0.1, 0.15) is 0 Å². The minimum absolute atomic E-state index is 0.692. The van der Waals surface area contributed by atoms with Crippen LogP contribution in [0.1, 0.15) is 49.6 Å². The largest absolute Gasteiger partial charge is 0.312 e. The zero-order valence-corrected chi connectivity index (χ0v) is 13.5. The van der Waals surface area contributed by atoms with Crippen molar-refractivity contribution in [2.24, 2.45) is 5.92 Å². The smallest absolute Gasteiger partial charge is 0.0740 e. The Kier molecular flexibility index (Phi) is 4.25. The van der Waals surface area contributed by atoms with Gasteiger partial charge in [-0.1, -0.05) is 39.0 Å². The number of aromatic nitrogens is 1. The average molecular weight is 282 g/mol. The lowest BCUT2D eigenvalue weighted by Crippen LogP contribution is -2.20. The van der Waals surface area contributed by atoms with Crippen molar-refractivity contribution in [2.45, 2.75) is 53.0 Å². The zero-order valence-electron chi connectivity index (χ0n) is 13.5. The Morgan fingerprint density at radius 1 is 1.24 bits per heavy atom. The first-order chi connectivity index (χ1) is 10.2. The average Bonchev–Trinajstić information content (AvgIpc) is 2.93. The molecule has 1 N–H and O–H groups in total. The fourth-order valence-electron chi connectivity index (χ4n) is 3.41. The summed E-state index contributed by atoms with van der Waals surface area (Å²) in [6, 6.07) is 6.67. The monoisotopic (exact) mass is 282 g/mol. The molecule has 0 saturated carbocycles. The highest BCUT2D eigenvalue weighted by Gasteiger charge is 2.20. The van der Waals surface area contributed by atoms with E-state index in [1.54, 1.807) is 0 Å². The van der Waals surface area contributed by atoms with Crippen molar-refractivity contribution in [3.8, 4) is 0 Å². The molecule has 0 spiro atoms. The van der Waals surface area contributed by atoms with Gasteiger partial charge < -0.3 is 5.32 Å². The number of hydrogen-bond acceptors (Lipinski definition) is 2. The number of aryl methyl sites for hydroxylation is 2. The maximum atomic E-state index is 5.00. The van der Waals surface area contributed by atoms with Crippen LogP contribution in [-0.2, 0) is 25.8 Å². The fourth-order valence-corrected chi connectivity index (χ4v) is 3.41. The van der Waals surface area contributed by atoms with Crippen molar-refractivity contribution in [1.82, 2.24) is 10.3 Å². The number of nitrogens with one attached hydrogen (secondary N) is 1. The van der Waals surface area contributed by atoms with E-state index >= 15 is 0 Å². The second kappa shape index (κ2) is 6.15. The second-order valence-electron chi connectivity index (χ2n) is 6.56. The number of hydrogen-bond donors (Lipinski definition) is 1. The van der Waals surface area contributed by atoms with Crippen LogP contribution in [0.3, 0.4) is 0 Å². The van der Waals surface area contributed by atoms with Crippen LogP contribution in [0.25, 0.3) is 10.9 Å². The molecule has 1 aromatic heterocycles. The molecule has 0 unspecified atom stereocenters. The highest BCUT2D eigenvalue weighted by Crippen LogP contribution is 2.31. The Hall–Kier alpha value is -1.41. The normalized spacial score (nSPS) is 14.1. The van der Waals surface area contributed by atoms with Crippen LogP contribution in [0.2, 0.25) is 0 Å². The lowest BCUT2D eigenvalue weighted by Gasteiger charge is -2.16. The first-order valence-electron chi connectivity index (χ1n) is 8.33. The van der Waals surface area contributed by atoms with Crippen molar-refractivity contribution in [2.75, 3.05) is 6.54 Å². The van der Waals surface area contributed by atoms with Crippen LogP contribution >= 0.6 is 0 Å². The summed E-state index contributed by atoms with van der Waals surface area (Å²) in [5, 5.41) is 5.00. The van der Waals surface area contributed by atoms with E-state index < -0.39 is 0 Å². The van der Waals surface area contributed by atoms with E-state index in [0.717, 1.165) is 25.9 Å². The van der Waals surface area contributed by atoms with Crippen LogP contribution in [0, 0.1) is 5.92 Å². The zero-order chi connectivity index (χ0) is 14.8. The molecule has 112 valence electrons. The van der Waals surface area contributed by atoms with E-state index in [-0.39, 0.29) is 0 Å². The van der Waals surface area contributed by atoms with Gasteiger partial charge in [-0.3, -0.25) is 4.98 Å². The van der Waals surface area contributed by atoms with Crippen LogP contribution in [-0.4, -0.2) is 11.5 Å². The Labute approximate surface area is 128 Å². The van der Waals surface area contributed by atoms with Gasteiger partial charge in [-0.2, -0.15) is 0 Å². The number of fused-ring (bicyclic) bond motifs is 2. The predicted molar refractivity (Wildman–Crippen MR) is 89.7 cm³/mol. The van der Waals surface area contributed by atoms with Gasteiger partial charge in [0.05, 0.1) is 5.52 Å². The van der Waals surface area contributed by atoms with Crippen LogP contribution < -0.4 is 5.32 Å². The number of para-hydroxylation sites is 1. The van der Waals surface area contributed by atoms with Gasteiger partial charge in [-0.15, -0.1) is 0 Å². The molecule has 0 amide bonds. The minimum atomic E-state index is 0.692. The number of nitrogens with zero attached hydrogens (tertiary/aromatic N) is 1. The maximum Gasteiger partial charge on any atom is 0.0740 e. The van der Waals surface area contributed by atoms with Gasteiger partial charge in [0.25, 0.3) is 0 Å². The van der Waals surface area contributed by atoms with Crippen molar-refractivity contribution in [3.63, 3.8) is 0 Å². The highest BCUT2D eigenvalue weighted by atomic mass is 14.9. The molecular formula is C19H26N2. The second-order valence-corrected chi connectivity index (χ2v) is 6.56. The summed E-state index contributed by atoms with van der Waals surface area (Å²) >= 11 is 0. The molecule has 0 saturated heterocycles. The molecule has 1 aromatic carbocycles. The summed E-state index contributed by atoms with van der Waals surface area (Å²) in [5.74, 6) is 0.692. The molecule has 2 aromatic rings. The summed E-state index contributed by atoms with van der Waals surface area (Å²) in [6.07, 6.45) is 4.67. The van der Waals surface area contributed by atoms with E-state index in [2.05, 4.69) is 44.3 Å². The van der Waals surface area contributed by atoms with Gasteiger partial charge in [-0.25, -0.2) is 0 Å². The minimum Gasteiger partial charge on any atom is -0.312 e. The molecule has 21 heavy (non-hydrogen) atoms. The molecule has 2 heteroatoms. The number of pyridine rings is 1. The third-order valence-electron chi connectivity index (χ3n) is 4.48. The van der Waals surface area contributed by atoms with E-state index in [1.807, 2.05) is 0 Å². The summed E-state index contributed by atoms with van der Waals surface area (Å²) in [5.41, 5.74) is 6.99. The molecule has 0 bridgehead atoms. The SMILES string of the molecule is CCc1cccc2c(CNCC(C)C)c3c(nc12)CCC3. The standard InChI is InChI=1S/C19H26N2/c1-4-14-7-5-9-16-17(12-20-11-13(2)3)15-8-6-10-18(15)21-19(14)16/h5,7,9,13,20H,4,6,8,10-12H2,1-3H3. The highest BCUT2D eigenvalue weighted by molar-refractivity contribution is 5.86. The molecule has 1 aliphatic rings. The Morgan fingerprint density at radius 3 is 2.86 bits per heavy atom. The van der Waals surface area contributed by atoms with Gasteiger partial charge >= 0.3 is 0 Å². The molecule has 1 heterocycles. The summed E-state index contributed by atoms with van der Waals surface area (Å²) in [4.78, 5) is 5.00. The van der Waals surface area contributed by atoms with Crippen molar-refractivity contribution < 1.29 is 0 Å². The van der Waals surface area contributed by atoms with Gasteiger partial charge in [0, 0.05) is 17.6 Å². The van der Waals surface area contributed by atoms with Gasteiger partial charge in [0.15, 0.2) is 0 Å². The Bertz CT molecular complexity index is 644. The molecule has 0 fully saturated rings. The topological polar surface area (TPSA) is 24.9 Å². The third kappa shape index (κ3) is 2.82. The molecule has 3 rings (SSSR count). The van der Waals surface area contributed by atoms with E-state index in [9.17, 15) is 0 Å². The van der Waals surface area contributed by atoms with Crippen LogP contribution in [0.5, 0.6) is 0 Å². The predicted octanol–water partition coefficient (Wildman–Crippen LogP) is 4.03. The van der Waals surface area contributed by atoms with Crippen molar-refractivity contribution in [3.05, 3.63) is 40.6 Å². The fraction of sp³-hybridized carbons (Fsp3) is 0.526. The van der Waals surface area contributed by atoms with Gasteiger partial charge in [0.2, 0.25) is 0 Å². The molecule has 0 radical (unpaired) electrons. The summed E-state index contributed by atoms with van der Waals surface area (Å²) in [7, 11) is 0. The van der Waals surface area contributed by atoms with Crippen molar-refractivity contribution in [1.29, 1.82) is 0 Å². The number of benzene rings is 1. The Balaban J connectivity index is 2.07. The van der Waals surface area contributed by atoms with Crippen LogP contribution in [0.4, 0.5) is 0 Å². The lowest BCUT2D eigenvalue weighted by molar-refractivity contribution is 0.552. The van der Waals surface area contributed by atoms with E-state index in [4.69, 9.17) is 4.98 Å². The molecule has 0 atom stereocenters. The van der Waals surface area contributed by atoms with Gasteiger partial charge in [-0.05, 0) is 54.8 Å². The Morgan fingerprint density at radius 2 is 2.10 bits per heavy atom. The molecule has 2 nitrogen and oxygen atoms in total. The van der Waals surface area contributed by atoms with Crippen LogP contribution in [0.15, 0.2) is 18.2 Å². The molecule has 0 aliphatic heterocycles. The first kappa shape index (κ1) is 14.5. The molecular weight excluding hydrogens is 256 g/mol. The number of rotatable bonds is 5. The first-order valence-corrected chi connectivity index (χ1v) is 8.33. The van der Waals surface area contributed by atoms with Crippen molar-refractivity contribution >= 4 is 10.9 Å². The summed E-state index contributed by atoms with van der Waals surface area (Å²) < 4.78 is 0.